The van der Waals surface area contributed by atoms with E-state index in [9.17, 15) is 13.2 Å². The minimum Gasteiger partial charge on any atom is -0.487 e. The van der Waals surface area contributed by atoms with Crippen molar-refractivity contribution in [2.45, 2.75) is 24.0 Å². The number of sulfone groups is 1. The summed E-state index contributed by atoms with van der Waals surface area (Å²) in [5.41, 5.74) is 2.81. The molecule has 8 heteroatoms. The fraction of sp³-hybridized carbons (Fsp3) is 0.261. The van der Waals surface area contributed by atoms with E-state index in [0.717, 1.165) is 22.4 Å². The Labute approximate surface area is 180 Å². The molecule has 0 radical (unpaired) electrons. The number of amides is 1. The predicted molar refractivity (Wildman–Crippen MR) is 115 cm³/mol. The molecule has 3 aromatic rings. The van der Waals surface area contributed by atoms with Crippen LogP contribution in [0, 0.1) is 0 Å². The molecule has 0 unspecified atom stereocenters. The van der Waals surface area contributed by atoms with Crippen molar-refractivity contribution in [2.24, 2.45) is 0 Å². The van der Waals surface area contributed by atoms with Crippen molar-refractivity contribution in [3.63, 3.8) is 0 Å². The lowest BCUT2D eigenvalue weighted by Gasteiger charge is -2.13. The first-order valence-electron chi connectivity index (χ1n) is 9.80. The van der Waals surface area contributed by atoms with Gasteiger partial charge in [0.05, 0.1) is 11.4 Å². The average molecular weight is 442 g/mol. The number of hydrogen-bond acceptors (Lipinski definition) is 6. The average Bonchev–Trinajstić information content (AvgIpc) is 3.38. The summed E-state index contributed by atoms with van der Waals surface area (Å²) in [4.78, 5) is 12.6. The molecule has 1 aromatic heterocycles. The predicted octanol–water partition coefficient (Wildman–Crippen LogP) is 3.23. The minimum absolute atomic E-state index is 0.205. The van der Waals surface area contributed by atoms with E-state index in [1.165, 1.54) is 6.26 Å². The summed E-state index contributed by atoms with van der Waals surface area (Å²) in [5, 5.41) is 2.85. The van der Waals surface area contributed by atoms with Crippen LogP contribution in [0.5, 0.6) is 5.75 Å². The zero-order chi connectivity index (χ0) is 22.0. The fourth-order valence-electron chi connectivity index (χ4n) is 3.57. The summed E-state index contributed by atoms with van der Waals surface area (Å²) >= 11 is 0. The van der Waals surface area contributed by atoms with Crippen molar-refractivity contribution in [1.29, 1.82) is 0 Å². The second-order valence-electron chi connectivity index (χ2n) is 7.44. The van der Waals surface area contributed by atoms with Gasteiger partial charge in [-0.05, 0) is 35.4 Å². The Morgan fingerprint density at radius 2 is 1.90 bits per heavy atom. The summed E-state index contributed by atoms with van der Waals surface area (Å²) in [6.45, 7) is 0.641. The maximum atomic E-state index is 12.3. The molecule has 1 aliphatic heterocycles. The Hall–Kier alpha value is -3.10. The number of hydrogen-bond donors (Lipinski definition) is 1. The van der Waals surface area contributed by atoms with Gasteiger partial charge in [0.15, 0.2) is 15.6 Å². The SMILES string of the molecule is COCc1ccc(C(=O)NC[C@@H]2Cc3cccc(-c4ccc(S(C)(=O)=O)cc4)c3O2)o1. The minimum atomic E-state index is -3.25. The normalized spacial score (nSPS) is 15.4. The molecule has 0 bridgehead atoms. The van der Waals surface area contributed by atoms with Gasteiger partial charge in [-0.2, -0.15) is 0 Å². The highest BCUT2D eigenvalue weighted by atomic mass is 32.2. The first-order chi connectivity index (χ1) is 14.8. The molecule has 0 fully saturated rings. The van der Waals surface area contributed by atoms with Crippen LogP contribution in [0.3, 0.4) is 0 Å². The molecule has 2 heterocycles. The number of furan rings is 1. The molecule has 31 heavy (non-hydrogen) atoms. The van der Waals surface area contributed by atoms with Gasteiger partial charge in [0.2, 0.25) is 0 Å². The van der Waals surface area contributed by atoms with Gasteiger partial charge in [0, 0.05) is 25.3 Å². The number of para-hydroxylation sites is 1. The molecule has 0 saturated heterocycles. The monoisotopic (exact) mass is 441 g/mol. The lowest BCUT2D eigenvalue weighted by Crippen LogP contribution is -2.34. The van der Waals surface area contributed by atoms with Gasteiger partial charge in [-0.3, -0.25) is 4.79 Å². The van der Waals surface area contributed by atoms with Crippen molar-refractivity contribution >= 4 is 15.7 Å². The van der Waals surface area contributed by atoms with E-state index < -0.39 is 9.84 Å². The van der Waals surface area contributed by atoms with Crippen molar-refractivity contribution in [2.75, 3.05) is 19.9 Å². The summed E-state index contributed by atoms with van der Waals surface area (Å²) < 4.78 is 40.0. The Morgan fingerprint density at radius 3 is 2.61 bits per heavy atom. The molecule has 1 aliphatic rings. The quantitative estimate of drug-likeness (QED) is 0.605. The number of carbonyl (C=O) groups is 1. The van der Waals surface area contributed by atoms with E-state index in [1.807, 2.05) is 18.2 Å². The highest BCUT2D eigenvalue weighted by molar-refractivity contribution is 7.90. The van der Waals surface area contributed by atoms with Crippen LogP contribution in [0.2, 0.25) is 0 Å². The van der Waals surface area contributed by atoms with E-state index >= 15 is 0 Å². The third-order valence-electron chi connectivity index (χ3n) is 5.08. The van der Waals surface area contributed by atoms with Gasteiger partial charge in [-0.25, -0.2) is 8.42 Å². The summed E-state index contributed by atoms with van der Waals surface area (Å²) in [6.07, 6.45) is 1.65. The number of benzene rings is 2. The smallest absolute Gasteiger partial charge is 0.287 e. The summed E-state index contributed by atoms with van der Waals surface area (Å²) in [7, 11) is -1.69. The Morgan fingerprint density at radius 1 is 1.13 bits per heavy atom. The van der Waals surface area contributed by atoms with Gasteiger partial charge >= 0.3 is 0 Å². The van der Waals surface area contributed by atoms with Crippen LogP contribution >= 0.6 is 0 Å². The van der Waals surface area contributed by atoms with E-state index in [2.05, 4.69) is 5.32 Å². The van der Waals surface area contributed by atoms with Crippen LogP contribution in [-0.4, -0.2) is 40.3 Å². The lowest BCUT2D eigenvalue weighted by atomic mass is 10.0. The molecule has 7 nitrogen and oxygen atoms in total. The molecule has 0 saturated carbocycles. The van der Waals surface area contributed by atoms with Crippen LogP contribution in [0.25, 0.3) is 11.1 Å². The molecule has 162 valence electrons. The second kappa shape index (κ2) is 8.56. The van der Waals surface area contributed by atoms with Crippen LogP contribution in [-0.2, 0) is 27.6 Å². The van der Waals surface area contributed by atoms with Crippen molar-refractivity contribution in [3.05, 3.63) is 71.7 Å². The second-order valence-corrected chi connectivity index (χ2v) is 9.46. The van der Waals surface area contributed by atoms with Crippen LogP contribution in [0.4, 0.5) is 0 Å². The van der Waals surface area contributed by atoms with Crippen LogP contribution in [0.15, 0.2) is 63.9 Å². The van der Waals surface area contributed by atoms with E-state index in [1.54, 1.807) is 43.5 Å². The van der Waals surface area contributed by atoms with Crippen LogP contribution in [0.1, 0.15) is 21.9 Å². The third-order valence-corrected chi connectivity index (χ3v) is 6.21. The molecule has 2 aromatic carbocycles. The zero-order valence-corrected chi connectivity index (χ0v) is 18.1. The lowest BCUT2D eigenvalue weighted by molar-refractivity contribution is 0.0897. The molecule has 1 N–H and O–H groups in total. The highest BCUT2D eigenvalue weighted by Gasteiger charge is 2.26. The topological polar surface area (TPSA) is 94.8 Å². The number of carbonyl (C=O) groups excluding carboxylic acids is 1. The van der Waals surface area contributed by atoms with Crippen LogP contribution < -0.4 is 10.1 Å². The third kappa shape index (κ3) is 4.65. The number of nitrogens with one attached hydrogen (secondary N) is 1. The van der Waals surface area contributed by atoms with Gasteiger partial charge in [-0.15, -0.1) is 0 Å². The van der Waals surface area contributed by atoms with Gasteiger partial charge in [-0.1, -0.05) is 30.3 Å². The van der Waals surface area contributed by atoms with E-state index in [-0.39, 0.29) is 22.7 Å². The van der Waals surface area contributed by atoms with Crippen molar-refractivity contribution < 1.29 is 27.1 Å². The maximum Gasteiger partial charge on any atom is 0.287 e. The number of ether oxygens (including phenoxy) is 2. The summed E-state index contributed by atoms with van der Waals surface area (Å²) in [6, 6.07) is 16.0. The zero-order valence-electron chi connectivity index (χ0n) is 17.3. The van der Waals surface area contributed by atoms with Gasteiger partial charge < -0.3 is 19.2 Å². The Bertz CT molecular complexity index is 1200. The summed E-state index contributed by atoms with van der Waals surface area (Å²) in [5.74, 6) is 1.27. The number of fused-ring (bicyclic) bond motifs is 1. The van der Waals surface area contributed by atoms with Gasteiger partial charge in [0.25, 0.3) is 5.91 Å². The maximum absolute atomic E-state index is 12.3. The first-order valence-corrected chi connectivity index (χ1v) is 11.7. The van der Waals surface area contributed by atoms with E-state index in [4.69, 9.17) is 13.9 Å². The number of methoxy groups -OCH3 is 1. The van der Waals surface area contributed by atoms with E-state index in [0.29, 0.717) is 25.3 Å². The first kappa shape index (κ1) is 21.1. The molecule has 0 aliphatic carbocycles. The standard InChI is InChI=1S/C23H23NO6S/c1-28-14-17-8-11-21(29-17)23(25)24-13-18-12-16-4-3-5-20(22(16)30-18)15-6-9-19(10-7-15)31(2,26)27/h3-11,18H,12-14H2,1-2H3,(H,24,25)/t18-/m0/s1. The van der Waals surface area contributed by atoms with Gasteiger partial charge in [0.1, 0.15) is 24.2 Å². The molecular weight excluding hydrogens is 418 g/mol. The molecule has 1 amide bonds. The van der Waals surface area contributed by atoms with Crippen molar-refractivity contribution in [3.8, 4) is 16.9 Å². The molecule has 1 atom stereocenters. The molecule has 0 spiro atoms. The molecular formula is C23H23NO6S. The molecule has 4 rings (SSSR count). The number of rotatable bonds is 7. The largest absolute Gasteiger partial charge is 0.487 e. The Kier molecular flexibility index (Phi) is 5.84. The fourth-order valence-corrected chi connectivity index (χ4v) is 4.21. The Balaban J connectivity index is 1.44. The highest BCUT2D eigenvalue weighted by Crippen LogP contribution is 2.38. The van der Waals surface area contributed by atoms with Crippen molar-refractivity contribution in [1.82, 2.24) is 5.32 Å².